The number of anilines is 1. The molecule has 1 aromatic heterocycles. The lowest BCUT2D eigenvalue weighted by molar-refractivity contribution is -0.384. The predicted octanol–water partition coefficient (Wildman–Crippen LogP) is 4.58. The molecule has 3 aromatic rings. The molecule has 8 nitrogen and oxygen atoms in total. The normalized spacial score (nSPS) is 10.2. The Bertz CT molecular complexity index is 1170. The van der Waals surface area contributed by atoms with Crippen molar-refractivity contribution in [1.82, 2.24) is 4.98 Å². The van der Waals surface area contributed by atoms with Crippen LogP contribution in [0.3, 0.4) is 0 Å². The van der Waals surface area contributed by atoms with Gasteiger partial charge in [-0.05, 0) is 31.2 Å². The van der Waals surface area contributed by atoms with Crippen molar-refractivity contribution in [2.75, 3.05) is 18.2 Å². The van der Waals surface area contributed by atoms with E-state index in [0.29, 0.717) is 22.0 Å². The van der Waals surface area contributed by atoms with Gasteiger partial charge in [-0.15, -0.1) is 0 Å². The standard InChI is InChI=1S/C22H18N4O4S/c1-14-3-5-15(6-4-14)18-9-7-16(12-23)22(25-18)31-13-21(27)24-19-10-8-17(30-2)11-20(19)26(28)29/h3-11H,13H2,1-2H3,(H,24,27). The molecule has 1 N–H and O–H groups in total. The van der Waals surface area contributed by atoms with Crippen molar-refractivity contribution in [3.05, 3.63) is 75.8 Å². The van der Waals surface area contributed by atoms with Crippen LogP contribution in [-0.2, 0) is 4.79 Å². The monoisotopic (exact) mass is 434 g/mol. The van der Waals surface area contributed by atoms with Gasteiger partial charge < -0.3 is 10.1 Å². The minimum absolute atomic E-state index is 0.0672. The van der Waals surface area contributed by atoms with E-state index in [0.717, 1.165) is 22.9 Å². The van der Waals surface area contributed by atoms with E-state index in [1.807, 2.05) is 31.2 Å². The van der Waals surface area contributed by atoms with E-state index >= 15 is 0 Å². The lowest BCUT2D eigenvalue weighted by atomic mass is 10.1. The highest BCUT2D eigenvalue weighted by atomic mass is 32.2. The first-order valence-corrected chi connectivity index (χ1v) is 10.1. The van der Waals surface area contributed by atoms with E-state index < -0.39 is 10.8 Å². The summed E-state index contributed by atoms with van der Waals surface area (Å²) < 4.78 is 4.99. The van der Waals surface area contributed by atoms with Gasteiger partial charge in [-0.1, -0.05) is 41.6 Å². The van der Waals surface area contributed by atoms with Gasteiger partial charge in [0.15, 0.2) is 0 Å². The van der Waals surface area contributed by atoms with Gasteiger partial charge in [-0.2, -0.15) is 5.26 Å². The van der Waals surface area contributed by atoms with E-state index in [-0.39, 0.29) is 17.1 Å². The summed E-state index contributed by atoms with van der Waals surface area (Å²) in [6.45, 7) is 1.99. The molecule has 0 radical (unpaired) electrons. The third-order valence-electron chi connectivity index (χ3n) is 4.34. The molecule has 0 aliphatic carbocycles. The summed E-state index contributed by atoms with van der Waals surface area (Å²) in [5.74, 6) is -0.207. The molecule has 1 heterocycles. The molecular formula is C22H18N4O4S. The van der Waals surface area contributed by atoms with Gasteiger partial charge in [-0.25, -0.2) is 4.98 Å². The number of nitro groups is 1. The first kappa shape index (κ1) is 21.8. The molecule has 0 aliphatic rings. The van der Waals surface area contributed by atoms with Crippen molar-refractivity contribution in [1.29, 1.82) is 5.26 Å². The maximum atomic E-state index is 12.4. The van der Waals surface area contributed by atoms with E-state index in [2.05, 4.69) is 16.4 Å². The molecule has 3 rings (SSSR count). The fraction of sp³-hybridized carbons (Fsp3) is 0.136. The first-order valence-electron chi connectivity index (χ1n) is 9.14. The number of carbonyl (C=O) groups is 1. The Morgan fingerprint density at radius 3 is 2.61 bits per heavy atom. The number of benzene rings is 2. The molecule has 0 atom stereocenters. The van der Waals surface area contributed by atoms with Crippen LogP contribution in [0.25, 0.3) is 11.3 Å². The number of nitrogens with one attached hydrogen (secondary N) is 1. The SMILES string of the molecule is COc1ccc(NC(=O)CSc2nc(-c3ccc(C)cc3)ccc2C#N)c([N+](=O)[O-])c1. The van der Waals surface area contributed by atoms with Gasteiger partial charge in [0.2, 0.25) is 5.91 Å². The number of nitrogens with zero attached hydrogens (tertiary/aromatic N) is 3. The van der Waals surface area contributed by atoms with E-state index in [4.69, 9.17) is 4.74 Å². The topological polar surface area (TPSA) is 118 Å². The van der Waals surface area contributed by atoms with Gasteiger partial charge >= 0.3 is 0 Å². The fourth-order valence-electron chi connectivity index (χ4n) is 2.74. The van der Waals surface area contributed by atoms with Crippen molar-refractivity contribution >= 4 is 29.0 Å². The minimum Gasteiger partial charge on any atom is -0.496 e. The summed E-state index contributed by atoms with van der Waals surface area (Å²) in [6.07, 6.45) is 0. The Kier molecular flexibility index (Phi) is 6.85. The Morgan fingerprint density at radius 2 is 1.97 bits per heavy atom. The molecule has 0 bridgehead atoms. The number of thioether (sulfide) groups is 1. The highest BCUT2D eigenvalue weighted by molar-refractivity contribution is 8.00. The molecule has 0 saturated heterocycles. The first-order chi connectivity index (χ1) is 14.9. The van der Waals surface area contributed by atoms with Gasteiger partial charge in [0.25, 0.3) is 5.69 Å². The molecule has 156 valence electrons. The molecule has 0 saturated carbocycles. The number of aryl methyl sites for hydroxylation is 1. The number of aromatic nitrogens is 1. The number of hydrogen-bond donors (Lipinski definition) is 1. The summed E-state index contributed by atoms with van der Waals surface area (Å²) in [6, 6.07) is 17.5. The molecule has 1 amide bonds. The van der Waals surface area contributed by atoms with Crippen LogP contribution in [0.5, 0.6) is 5.75 Å². The zero-order chi connectivity index (χ0) is 22.4. The van der Waals surface area contributed by atoms with Crippen molar-refractivity contribution in [3.63, 3.8) is 0 Å². The second kappa shape index (κ2) is 9.73. The molecule has 0 spiro atoms. The molecular weight excluding hydrogens is 416 g/mol. The van der Waals surface area contributed by atoms with Crippen LogP contribution in [0.2, 0.25) is 0 Å². The summed E-state index contributed by atoms with van der Waals surface area (Å²) in [4.78, 5) is 27.6. The largest absolute Gasteiger partial charge is 0.496 e. The van der Waals surface area contributed by atoms with Crippen molar-refractivity contribution in [2.45, 2.75) is 11.9 Å². The predicted molar refractivity (Wildman–Crippen MR) is 118 cm³/mol. The number of ether oxygens (including phenoxy) is 1. The van der Waals surface area contributed by atoms with Crippen LogP contribution in [0, 0.1) is 28.4 Å². The average Bonchev–Trinajstić information content (AvgIpc) is 2.78. The zero-order valence-electron chi connectivity index (χ0n) is 16.8. The molecule has 0 unspecified atom stereocenters. The van der Waals surface area contributed by atoms with Crippen LogP contribution >= 0.6 is 11.8 Å². The highest BCUT2D eigenvalue weighted by Crippen LogP contribution is 2.30. The van der Waals surface area contributed by atoms with Gasteiger partial charge in [0, 0.05) is 5.56 Å². The van der Waals surface area contributed by atoms with Crippen LogP contribution in [0.4, 0.5) is 11.4 Å². The summed E-state index contributed by atoms with van der Waals surface area (Å²) in [5.41, 5.74) is 2.86. The lowest BCUT2D eigenvalue weighted by Gasteiger charge is -2.09. The molecule has 2 aromatic carbocycles. The number of amides is 1. The maximum absolute atomic E-state index is 12.4. The average molecular weight is 434 g/mol. The Labute approximate surface area is 183 Å². The number of hydrogen-bond acceptors (Lipinski definition) is 7. The maximum Gasteiger partial charge on any atom is 0.296 e. The smallest absolute Gasteiger partial charge is 0.296 e. The minimum atomic E-state index is -0.592. The summed E-state index contributed by atoms with van der Waals surface area (Å²) in [5, 5.41) is 23.6. The van der Waals surface area contributed by atoms with E-state index in [1.54, 1.807) is 12.1 Å². The molecule has 0 fully saturated rings. The van der Waals surface area contributed by atoms with Gasteiger partial charge in [-0.3, -0.25) is 14.9 Å². The molecule has 0 aliphatic heterocycles. The fourth-order valence-corrected chi connectivity index (χ4v) is 3.51. The third-order valence-corrected chi connectivity index (χ3v) is 5.33. The van der Waals surface area contributed by atoms with Crippen LogP contribution in [0.15, 0.2) is 59.6 Å². The Morgan fingerprint density at radius 1 is 1.23 bits per heavy atom. The number of nitro benzene ring substituents is 1. The zero-order valence-corrected chi connectivity index (χ0v) is 17.6. The Hall–Kier alpha value is -3.90. The highest BCUT2D eigenvalue weighted by Gasteiger charge is 2.18. The third kappa shape index (κ3) is 5.38. The molecule has 31 heavy (non-hydrogen) atoms. The van der Waals surface area contributed by atoms with Crippen molar-refractivity contribution in [2.24, 2.45) is 0 Å². The summed E-state index contributed by atoms with van der Waals surface area (Å²) in [7, 11) is 1.40. The van der Waals surface area contributed by atoms with Crippen LogP contribution in [0.1, 0.15) is 11.1 Å². The molecule has 9 heteroatoms. The number of rotatable bonds is 7. The summed E-state index contributed by atoms with van der Waals surface area (Å²) >= 11 is 1.09. The lowest BCUT2D eigenvalue weighted by Crippen LogP contribution is -2.15. The van der Waals surface area contributed by atoms with Gasteiger partial charge in [0.05, 0.1) is 35.1 Å². The Balaban J connectivity index is 1.76. The van der Waals surface area contributed by atoms with Crippen LogP contribution in [-0.4, -0.2) is 28.7 Å². The number of carbonyl (C=O) groups excluding carboxylic acids is 1. The van der Waals surface area contributed by atoms with Crippen molar-refractivity contribution in [3.8, 4) is 23.1 Å². The number of pyridine rings is 1. The van der Waals surface area contributed by atoms with E-state index in [9.17, 15) is 20.2 Å². The number of methoxy groups -OCH3 is 1. The van der Waals surface area contributed by atoms with Crippen LogP contribution < -0.4 is 10.1 Å². The quantitative estimate of drug-likeness (QED) is 0.328. The second-order valence-electron chi connectivity index (χ2n) is 6.50. The van der Waals surface area contributed by atoms with Crippen molar-refractivity contribution < 1.29 is 14.5 Å². The second-order valence-corrected chi connectivity index (χ2v) is 7.47. The van der Waals surface area contributed by atoms with Gasteiger partial charge in [0.1, 0.15) is 22.5 Å². The number of nitriles is 1. The van der Waals surface area contributed by atoms with E-state index in [1.165, 1.54) is 25.3 Å².